The van der Waals surface area contributed by atoms with Crippen LogP contribution in [0.4, 0.5) is 4.79 Å². The number of aliphatic hydroxyl groups is 1. The second kappa shape index (κ2) is 23.1. The molecule has 7 rings (SSSR count). The lowest BCUT2D eigenvalue weighted by Crippen LogP contribution is -2.48. The highest BCUT2D eigenvalue weighted by Crippen LogP contribution is 2.44. The van der Waals surface area contributed by atoms with Gasteiger partial charge in [0, 0.05) is 12.3 Å². The summed E-state index contributed by atoms with van der Waals surface area (Å²) in [6.45, 7) is 0.251. The van der Waals surface area contributed by atoms with Crippen molar-refractivity contribution in [1.29, 1.82) is 0 Å². The first-order chi connectivity index (χ1) is 31.3. The SMILES string of the molecule is O=C(C[C@H]1CC=CCC[C@H](NC(=O)OCC2c3ccccc3-c3ccccc32)C(=O)OC[C@H](COCc2ccccc2)NC1=O)N[C@H](CO)Cc1ccc(OCc2ccccc2)cc1. The van der Waals surface area contributed by atoms with Crippen molar-refractivity contribution in [1.82, 2.24) is 16.0 Å². The normalized spacial score (nSPS) is 18.1. The van der Waals surface area contributed by atoms with Gasteiger partial charge in [-0.25, -0.2) is 9.59 Å². The Morgan fingerprint density at radius 3 is 2.06 bits per heavy atom. The summed E-state index contributed by atoms with van der Waals surface area (Å²) in [5.74, 6) is -1.71. The molecule has 332 valence electrons. The molecular weight excluding hydrogens is 811 g/mol. The summed E-state index contributed by atoms with van der Waals surface area (Å²) in [4.78, 5) is 54.2. The lowest BCUT2D eigenvalue weighted by atomic mass is 9.98. The van der Waals surface area contributed by atoms with E-state index in [1.54, 1.807) is 6.08 Å². The molecule has 0 fully saturated rings. The number of aliphatic hydroxyl groups excluding tert-OH is 1. The Balaban J connectivity index is 0.965. The minimum Gasteiger partial charge on any atom is -0.489 e. The lowest BCUT2D eigenvalue weighted by molar-refractivity contribution is -0.148. The van der Waals surface area contributed by atoms with Crippen LogP contribution in [-0.4, -0.2) is 73.5 Å². The number of nitrogens with one attached hydrogen (secondary N) is 3. The minimum atomic E-state index is -1.03. The third-order valence-corrected chi connectivity index (χ3v) is 11.4. The molecule has 4 atom stereocenters. The number of ether oxygens (including phenoxy) is 4. The first kappa shape index (κ1) is 45.3. The molecule has 12 heteroatoms. The summed E-state index contributed by atoms with van der Waals surface area (Å²) < 4.78 is 23.4. The number of alkyl carbamates (subject to hydrolysis) is 1. The van der Waals surface area contributed by atoms with Crippen molar-refractivity contribution in [2.75, 3.05) is 26.4 Å². The van der Waals surface area contributed by atoms with Crippen LogP contribution in [0.3, 0.4) is 0 Å². The van der Waals surface area contributed by atoms with Crippen LogP contribution in [0.2, 0.25) is 0 Å². The molecular formula is C52H55N3O9. The molecule has 0 bridgehead atoms. The monoisotopic (exact) mass is 865 g/mol. The van der Waals surface area contributed by atoms with Gasteiger partial charge in [0.05, 0.1) is 37.8 Å². The van der Waals surface area contributed by atoms with Crippen LogP contribution >= 0.6 is 0 Å². The van der Waals surface area contributed by atoms with E-state index in [4.69, 9.17) is 18.9 Å². The molecule has 1 heterocycles. The Morgan fingerprint density at radius 1 is 0.750 bits per heavy atom. The van der Waals surface area contributed by atoms with E-state index in [2.05, 4.69) is 28.1 Å². The molecule has 3 amide bonds. The second-order valence-electron chi connectivity index (χ2n) is 16.1. The van der Waals surface area contributed by atoms with Gasteiger partial charge in [0.1, 0.15) is 31.6 Å². The molecule has 0 spiro atoms. The predicted molar refractivity (Wildman–Crippen MR) is 242 cm³/mol. The maximum absolute atomic E-state index is 13.9. The molecule has 1 aliphatic carbocycles. The first-order valence-electron chi connectivity index (χ1n) is 21.8. The number of cyclic esters (lactones) is 1. The van der Waals surface area contributed by atoms with E-state index >= 15 is 0 Å². The number of rotatable bonds is 16. The number of esters is 1. The fraction of sp³-hybridized carbons (Fsp3) is 0.308. The standard InChI is InChI=1S/C52H55N3O9/c56-30-40(28-36-24-26-42(27-25-36)62-32-38-16-6-2-7-17-38)53-49(57)29-39-18-8-3-9-23-48(51(59)63-34-41(54-50(39)58)33-61-31-37-14-4-1-5-15-37)55-52(60)64-35-47-45-21-12-10-19-43(45)44-20-11-13-22-46(44)47/h1-8,10-17,19-22,24-27,39-41,47-48,56H,9,18,23,28-35H2,(H,53,57)(H,54,58)(H,55,60)/t39-,40+,41+,48+/m1/s1. The maximum atomic E-state index is 13.9. The van der Waals surface area contributed by atoms with Crippen molar-refractivity contribution in [3.05, 3.63) is 173 Å². The molecule has 1 aliphatic heterocycles. The fourth-order valence-corrected chi connectivity index (χ4v) is 8.00. The topological polar surface area (TPSA) is 162 Å². The Kier molecular flexibility index (Phi) is 16.3. The van der Waals surface area contributed by atoms with E-state index in [1.165, 1.54) is 0 Å². The van der Waals surface area contributed by atoms with Crippen molar-refractivity contribution in [2.45, 2.75) is 69.4 Å². The van der Waals surface area contributed by atoms with Gasteiger partial charge in [-0.3, -0.25) is 9.59 Å². The quantitative estimate of drug-likeness (QED) is 0.0595. The Morgan fingerprint density at radius 2 is 1.39 bits per heavy atom. The molecule has 5 aromatic carbocycles. The second-order valence-corrected chi connectivity index (χ2v) is 16.1. The van der Waals surface area contributed by atoms with Gasteiger partial charge in [0.2, 0.25) is 11.8 Å². The third-order valence-electron chi connectivity index (χ3n) is 11.4. The van der Waals surface area contributed by atoms with Gasteiger partial charge >= 0.3 is 12.1 Å². The zero-order valence-corrected chi connectivity index (χ0v) is 35.7. The Bertz CT molecular complexity index is 2290. The molecule has 0 aromatic heterocycles. The summed E-state index contributed by atoms with van der Waals surface area (Å²) in [6.07, 6.45) is 3.90. The molecule has 0 radical (unpaired) electrons. The van der Waals surface area contributed by atoms with Crippen molar-refractivity contribution in [2.24, 2.45) is 5.92 Å². The molecule has 5 aromatic rings. The van der Waals surface area contributed by atoms with Crippen LogP contribution in [0.25, 0.3) is 11.1 Å². The largest absolute Gasteiger partial charge is 0.489 e. The number of carbonyl (C=O) groups excluding carboxylic acids is 4. The average molecular weight is 866 g/mol. The van der Waals surface area contributed by atoms with Crippen molar-refractivity contribution >= 4 is 23.9 Å². The third kappa shape index (κ3) is 12.9. The highest BCUT2D eigenvalue weighted by Gasteiger charge is 2.31. The number of benzene rings is 5. The number of fused-ring (bicyclic) bond motifs is 3. The molecule has 0 saturated heterocycles. The van der Waals surface area contributed by atoms with Crippen molar-refractivity contribution in [3.63, 3.8) is 0 Å². The predicted octanol–water partition coefficient (Wildman–Crippen LogP) is 7.18. The number of carbonyl (C=O) groups is 4. The zero-order chi connectivity index (χ0) is 44.5. The molecule has 0 saturated carbocycles. The number of hydrogen-bond donors (Lipinski definition) is 4. The highest BCUT2D eigenvalue weighted by molar-refractivity contribution is 5.86. The van der Waals surface area contributed by atoms with E-state index in [0.29, 0.717) is 25.2 Å². The first-order valence-corrected chi connectivity index (χ1v) is 21.8. The minimum absolute atomic E-state index is 0.00974. The number of amides is 3. The molecule has 12 nitrogen and oxygen atoms in total. The Labute approximate surface area is 374 Å². The summed E-state index contributed by atoms with van der Waals surface area (Å²) >= 11 is 0. The van der Waals surface area contributed by atoms with Crippen LogP contribution in [0.5, 0.6) is 5.75 Å². The summed E-state index contributed by atoms with van der Waals surface area (Å²) in [7, 11) is 0. The number of allylic oxidation sites excluding steroid dienone is 2. The van der Waals surface area contributed by atoms with Crippen LogP contribution in [-0.2, 0) is 48.2 Å². The Hall–Kier alpha value is -6.76. The van der Waals surface area contributed by atoms with E-state index in [-0.39, 0.29) is 58.2 Å². The smallest absolute Gasteiger partial charge is 0.407 e. The summed E-state index contributed by atoms with van der Waals surface area (Å²) in [6, 6.07) is 40.6. The molecule has 2 aliphatic rings. The van der Waals surface area contributed by atoms with E-state index in [9.17, 15) is 24.3 Å². The van der Waals surface area contributed by atoms with Crippen LogP contribution in [0.15, 0.2) is 146 Å². The van der Waals surface area contributed by atoms with Crippen LogP contribution in [0, 0.1) is 5.92 Å². The fourth-order valence-electron chi connectivity index (χ4n) is 8.00. The van der Waals surface area contributed by atoms with Gasteiger partial charge in [0.15, 0.2) is 0 Å². The van der Waals surface area contributed by atoms with Crippen LogP contribution in [0.1, 0.15) is 59.4 Å². The molecule has 0 unspecified atom stereocenters. The van der Waals surface area contributed by atoms with Crippen molar-refractivity contribution < 1.29 is 43.2 Å². The van der Waals surface area contributed by atoms with Gasteiger partial charge in [0.25, 0.3) is 0 Å². The van der Waals surface area contributed by atoms with Gasteiger partial charge in [-0.1, -0.05) is 133 Å². The summed E-state index contributed by atoms with van der Waals surface area (Å²) in [5, 5.41) is 18.8. The average Bonchev–Trinajstić information content (AvgIpc) is 3.65. The van der Waals surface area contributed by atoms with E-state index < -0.39 is 47.9 Å². The van der Waals surface area contributed by atoms with Gasteiger partial charge in [-0.2, -0.15) is 0 Å². The molecule has 64 heavy (non-hydrogen) atoms. The van der Waals surface area contributed by atoms with E-state index in [0.717, 1.165) is 38.9 Å². The lowest BCUT2D eigenvalue weighted by Gasteiger charge is -2.24. The molecule has 4 N–H and O–H groups in total. The van der Waals surface area contributed by atoms with Crippen LogP contribution < -0.4 is 20.7 Å². The van der Waals surface area contributed by atoms with E-state index in [1.807, 2.05) is 127 Å². The number of hydrogen-bond acceptors (Lipinski definition) is 9. The van der Waals surface area contributed by atoms with Gasteiger partial charge in [-0.15, -0.1) is 0 Å². The highest BCUT2D eigenvalue weighted by atomic mass is 16.6. The maximum Gasteiger partial charge on any atom is 0.407 e. The zero-order valence-electron chi connectivity index (χ0n) is 35.7. The van der Waals surface area contributed by atoms with Gasteiger partial charge < -0.3 is 40.0 Å². The van der Waals surface area contributed by atoms with Gasteiger partial charge in [-0.05, 0) is 76.8 Å². The summed E-state index contributed by atoms with van der Waals surface area (Å²) in [5.41, 5.74) is 7.23. The van der Waals surface area contributed by atoms with Crippen molar-refractivity contribution in [3.8, 4) is 16.9 Å².